The van der Waals surface area contributed by atoms with Crippen molar-refractivity contribution in [3.05, 3.63) is 48.0 Å². The van der Waals surface area contributed by atoms with Crippen molar-refractivity contribution < 1.29 is 17.9 Å². The Hall–Kier alpha value is -2.54. The number of ether oxygens (including phenoxy) is 1. The Labute approximate surface area is 148 Å². The molecule has 0 bridgehead atoms. The third-order valence-corrected chi connectivity index (χ3v) is 5.00. The van der Waals surface area contributed by atoms with E-state index in [9.17, 15) is 13.2 Å². The molecule has 0 aliphatic carbocycles. The van der Waals surface area contributed by atoms with E-state index in [0.29, 0.717) is 23.0 Å². The minimum absolute atomic E-state index is 0.0324. The molecular weight excluding hydrogens is 340 g/mol. The molecule has 2 aromatic rings. The molecule has 134 valence electrons. The number of benzene rings is 2. The molecule has 0 fully saturated rings. The van der Waals surface area contributed by atoms with Crippen LogP contribution in [0.3, 0.4) is 0 Å². The molecule has 0 saturated heterocycles. The second-order valence-corrected chi connectivity index (χ2v) is 7.61. The molecule has 0 aliphatic rings. The predicted octanol–water partition coefficient (Wildman–Crippen LogP) is 3.58. The fourth-order valence-corrected chi connectivity index (χ4v) is 3.38. The first-order chi connectivity index (χ1) is 11.7. The molecule has 0 aromatic heterocycles. The van der Waals surface area contributed by atoms with E-state index in [0.717, 1.165) is 5.56 Å². The van der Waals surface area contributed by atoms with Crippen LogP contribution in [0.1, 0.15) is 32.3 Å². The van der Waals surface area contributed by atoms with Gasteiger partial charge in [0, 0.05) is 12.6 Å². The van der Waals surface area contributed by atoms with Crippen LogP contribution >= 0.6 is 0 Å². The molecule has 2 aromatic carbocycles. The summed E-state index contributed by atoms with van der Waals surface area (Å²) in [6.45, 7) is 5.48. The van der Waals surface area contributed by atoms with Gasteiger partial charge in [-0.15, -0.1) is 0 Å². The van der Waals surface area contributed by atoms with Gasteiger partial charge in [0.15, 0.2) is 0 Å². The van der Waals surface area contributed by atoms with Crippen LogP contribution < -0.4 is 14.8 Å². The Kier molecular flexibility index (Phi) is 5.69. The highest BCUT2D eigenvalue weighted by Gasteiger charge is 2.17. The summed E-state index contributed by atoms with van der Waals surface area (Å²) >= 11 is 0. The maximum absolute atomic E-state index is 12.6. The standard InChI is InChI=1S/C18H22N2O4S/c1-12(2)14-5-7-15(8-6-14)20-25(22,23)16-9-10-18(24-4)17(11-16)19-13(3)21/h5-12,20H,1-4H3,(H,19,21). The van der Waals surface area contributed by atoms with E-state index in [1.807, 2.05) is 12.1 Å². The lowest BCUT2D eigenvalue weighted by molar-refractivity contribution is -0.114. The third-order valence-electron chi connectivity index (χ3n) is 3.62. The molecule has 7 heteroatoms. The number of methoxy groups -OCH3 is 1. The highest BCUT2D eigenvalue weighted by molar-refractivity contribution is 7.92. The second-order valence-electron chi connectivity index (χ2n) is 5.93. The van der Waals surface area contributed by atoms with Crippen molar-refractivity contribution in [1.29, 1.82) is 0 Å². The van der Waals surface area contributed by atoms with Crippen LogP contribution in [0, 0.1) is 0 Å². The number of carbonyl (C=O) groups excluding carboxylic acids is 1. The van der Waals surface area contributed by atoms with Gasteiger partial charge in [0.1, 0.15) is 5.75 Å². The van der Waals surface area contributed by atoms with E-state index in [2.05, 4.69) is 23.9 Å². The van der Waals surface area contributed by atoms with Crippen molar-refractivity contribution in [2.75, 3.05) is 17.1 Å². The Balaban J connectivity index is 2.30. The van der Waals surface area contributed by atoms with E-state index in [-0.39, 0.29) is 10.8 Å². The normalized spacial score (nSPS) is 11.2. The van der Waals surface area contributed by atoms with Crippen LogP contribution in [-0.2, 0) is 14.8 Å². The molecule has 6 nitrogen and oxygen atoms in total. The van der Waals surface area contributed by atoms with Crippen molar-refractivity contribution in [3.8, 4) is 5.75 Å². The van der Waals surface area contributed by atoms with Gasteiger partial charge in [0.05, 0.1) is 17.7 Å². The number of sulfonamides is 1. The summed E-state index contributed by atoms with van der Waals surface area (Å²) in [6, 6.07) is 11.5. The third kappa shape index (κ3) is 4.73. The summed E-state index contributed by atoms with van der Waals surface area (Å²) in [5.41, 5.74) is 1.90. The number of rotatable bonds is 6. The summed E-state index contributed by atoms with van der Waals surface area (Å²) in [5, 5.41) is 2.56. The van der Waals surface area contributed by atoms with Gasteiger partial charge in [-0.1, -0.05) is 26.0 Å². The van der Waals surface area contributed by atoms with Crippen molar-refractivity contribution in [2.24, 2.45) is 0 Å². The maximum atomic E-state index is 12.6. The lowest BCUT2D eigenvalue weighted by Gasteiger charge is -2.13. The van der Waals surface area contributed by atoms with E-state index >= 15 is 0 Å². The molecule has 2 N–H and O–H groups in total. The fourth-order valence-electron chi connectivity index (χ4n) is 2.29. The predicted molar refractivity (Wildman–Crippen MR) is 98.6 cm³/mol. The summed E-state index contributed by atoms with van der Waals surface area (Å²) < 4.78 is 32.9. The van der Waals surface area contributed by atoms with Gasteiger partial charge in [-0.2, -0.15) is 0 Å². The van der Waals surface area contributed by atoms with Crippen molar-refractivity contribution >= 4 is 27.3 Å². The smallest absolute Gasteiger partial charge is 0.261 e. The van der Waals surface area contributed by atoms with Crippen LogP contribution in [0.4, 0.5) is 11.4 Å². The molecule has 0 unspecified atom stereocenters. The van der Waals surface area contributed by atoms with Crippen LogP contribution in [0.15, 0.2) is 47.4 Å². The highest BCUT2D eigenvalue weighted by atomic mass is 32.2. The number of hydrogen-bond donors (Lipinski definition) is 2. The van der Waals surface area contributed by atoms with Gasteiger partial charge in [0.25, 0.3) is 10.0 Å². The largest absolute Gasteiger partial charge is 0.495 e. The average Bonchev–Trinajstić information content (AvgIpc) is 2.54. The zero-order valence-electron chi connectivity index (χ0n) is 14.7. The molecule has 1 amide bonds. The quantitative estimate of drug-likeness (QED) is 0.823. The van der Waals surface area contributed by atoms with Gasteiger partial charge < -0.3 is 10.1 Å². The Bertz CT molecular complexity index is 859. The molecule has 0 atom stereocenters. The van der Waals surface area contributed by atoms with Crippen LogP contribution in [-0.4, -0.2) is 21.4 Å². The fraction of sp³-hybridized carbons (Fsp3) is 0.278. The van der Waals surface area contributed by atoms with Gasteiger partial charge >= 0.3 is 0 Å². The first-order valence-corrected chi connectivity index (χ1v) is 9.29. The van der Waals surface area contributed by atoms with Crippen molar-refractivity contribution in [3.63, 3.8) is 0 Å². The zero-order chi connectivity index (χ0) is 18.6. The molecule has 2 rings (SSSR count). The monoisotopic (exact) mass is 362 g/mol. The number of nitrogens with one attached hydrogen (secondary N) is 2. The Morgan fingerprint density at radius 3 is 2.24 bits per heavy atom. The highest BCUT2D eigenvalue weighted by Crippen LogP contribution is 2.28. The maximum Gasteiger partial charge on any atom is 0.261 e. The molecule has 0 radical (unpaired) electrons. The van der Waals surface area contributed by atoms with E-state index in [4.69, 9.17) is 4.74 Å². The second kappa shape index (κ2) is 7.57. The molecule has 25 heavy (non-hydrogen) atoms. The SMILES string of the molecule is COc1ccc(S(=O)(=O)Nc2ccc(C(C)C)cc2)cc1NC(C)=O. The summed E-state index contributed by atoms with van der Waals surface area (Å²) in [7, 11) is -2.34. The van der Waals surface area contributed by atoms with E-state index in [1.165, 1.54) is 32.2 Å². The van der Waals surface area contributed by atoms with Crippen LogP contribution in [0.2, 0.25) is 0 Å². The average molecular weight is 362 g/mol. The molecule has 0 spiro atoms. The topological polar surface area (TPSA) is 84.5 Å². The van der Waals surface area contributed by atoms with Crippen molar-refractivity contribution in [1.82, 2.24) is 0 Å². The molecule has 0 aliphatic heterocycles. The van der Waals surface area contributed by atoms with Crippen LogP contribution in [0.5, 0.6) is 5.75 Å². The number of hydrogen-bond acceptors (Lipinski definition) is 4. The summed E-state index contributed by atoms with van der Waals surface area (Å²) in [6.07, 6.45) is 0. The van der Waals surface area contributed by atoms with Crippen LogP contribution in [0.25, 0.3) is 0 Å². The Morgan fingerprint density at radius 2 is 1.72 bits per heavy atom. The summed E-state index contributed by atoms with van der Waals surface area (Å²) in [4.78, 5) is 11.3. The number of anilines is 2. The minimum atomic E-state index is -3.79. The van der Waals surface area contributed by atoms with Gasteiger partial charge in [-0.25, -0.2) is 8.42 Å². The zero-order valence-corrected chi connectivity index (χ0v) is 15.5. The molecular formula is C18H22N2O4S. The number of carbonyl (C=O) groups is 1. The van der Waals surface area contributed by atoms with E-state index < -0.39 is 10.0 Å². The van der Waals surface area contributed by atoms with Gasteiger partial charge in [-0.3, -0.25) is 9.52 Å². The first kappa shape index (κ1) is 18.8. The van der Waals surface area contributed by atoms with E-state index in [1.54, 1.807) is 12.1 Å². The van der Waals surface area contributed by atoms with Gasteiger partial charge in [-0.05, 0) is 41.8 Å². The molecule has 0 heterocycles. The Morgan fingerprint density at radius 1 is 1.08 bits per heavy atom. The molecule has 0 saturated carbocycles. The summed E-state index contributed by atoms with van der Waals surface area (Å²) in [5.74, 6) is 0.438. The minimum Gasteiger partial charge on any atom is -0.495 e. The number of amides is 1. The lowest BCUT2D eigenvalue weighted by atomic mass is 10.0. The van der Waals surface area contributed by atoms with Gasteiger partial charge in [0.2, 0.25) is 5.91 Å². The van der Waals surface area contributed by atoms with Crippen molar-refractivity contribution in [2.45, 2.75) is 31.6 Å². The lowest BCUT2D eigenvalue weighted by Crippen LogP contribution is -2.14. The first-order valence-electron chi connectivity index (χ1n) is 7.81.